The molecule has 64 valence electrons. The fourth-order valence-corrected chi connectivity index (χ4v) is 0.700. The van der Waals surface area contributed by atoms with E-state index in [-0.39, 0.29) is 11.9 Å². The van der Waals surface area contributed by atoms with Gasteiger partial charge in [-0.3, -0.25) is 0 Å². The summed E-state index contributed by atoms with van der Waals surface area (Å²) in [4.78, 5) is 0. The molecule has 0 aliphatic carbocycles. The molecule has 0 aromatic heterocycles. The molecule has 0 N–H and O–H groups in total. The molecule has 0 heterocycles. The molecule has 0 unspecified atom stereocenters. The van der Waals surface area contributed by atoms with Gasteiger partial charge in [-0.1, -0.05) is 20.2 Å². The van der Waals surface area contributed by atoms with Gasteiger partial charge in [0.2, 0.25) is 0 Å². The Hall–Kier alpha value is -0.855. The second-order valence-electron chi connectivity index (χ2n) is 1.94. The molecule has 0 saturated heterocycles. The van der Waals surface area contributed by atoms with Gasteiger partial charge in [-0.25, -0.2) is 8.78 Å². The van der Waals surface area contributed by atoms with Gasteiger partial charge in [0.25, 0.3) is 0 Å². The summed E-state index contributed by atoms with van der Waals surface area (Å²) in [6.07, 6.45) is 0.0313. The van der Waals surface area contributed by atoms with Gasteiger partial charge in [0, 0.05) is 0 Å². The van der Waals surface area contributed by atoms with E-state index in [1.807, 2.05) is 13.8 Å². The summed E-state index contributed by atoms with van der Waals surface area (Å²) in [7, 11) is 5.11. The van der Waals surface area contributed by atoms with Crippen molar-refractivity contribution in [2.24, 2.45) is 0 Å². The van der Waals surface area contributed by atoms with Crippen LogP contribution in [0.5, 0.6) is 0 Å². The maximum absolute atomic E-state index is 12.5. The third-order valence-electron chi connectivity index (χ3n) is 1.23. The number of benzene rings is 1. The van der Waals surface area contributed by atoms with Crippen LogP contribution in [0.3, 0.4) is 0 Å². The summed E-state index contributed by atoms with van der Waals surface area (Å²) in [6, 6.07) is 3.22. The van der Waals surface area contributed by atoms with Crippen LogP contribution in [0, 0.1) is 11.6 Å². The van der Waals surface area contributed by atoms with Crippen LogP contribution in [-0.4, -0.2) is 7.85 Å². The normalized spacial score (nSPS) is 8.67. The minimum absolute atomic E-state index is 0.0313. The maximum Gasteiger partial charge on any atom is 0.125 e. The predicted molar refractivity (Wildman–Crippen MR) is 47.2 cm³/mol. The molecule has 0 spiro atoms. The van der Waals surface area contributed by atoms with Gasteiger partial charge in [-0.2, -0.15) is 0 Å². The molecular weight excluding hydrogens is 157 g/mol. The first-order valence-electron chi connectivity index (χ1n) is 3.88. The Morgan fingerprint density at radius 1 is 1.25 bits per heavy atom. The average Bonchev–Trinajstić information content (AvgIpc) is 2.13. The standard InChI is InChI=1S/C7H5BF2.C2H6/c8-4-5-3-6(9)1-2-7(5)10;1-2/h1-3H,4H2;1-2H3. The van der Waals surface area contributed by atoms with E-state index in [1.165, 1.54) is 0 Å². The zero-order valence-corrected chi connectivity index (χ0v) is 7.27. The van der Waals surface area contributed by atoms with Crippen molar-refractivity contribution in [1.82, 2.24) is 0 Å². The smallest absolute Gasteiger partial charge is 0.125 e. The van der Waals surface area contributed by atoms with Crippen LogP contribution in [0.15, 0.2) is 18.2 Å². The molecule has 3 heteroatoms. The zero-order valence-electron chi connectivity index (χ0n) is 7.27. The SMILES string of the molecule is CC.[B]Cc1cc(F)ccc1F. The summed E-state index contributed by atoms with van der Waals surface area (Å²) in [5, 5.41) is 0. The van der Waals surface area contributed by atoms with E-state index in [2.05, 4.69) is 0 Å². The largest absolute Gasteiger partial charge is 0.207 e. The van der Waals surface area contributed by atoms with Gasteiger partial charge in [0.1, 0.15) is 11.6 Å². The molecule has 1 aromatic rings. The first-order valence-corrected chi connectivity index (χ1v) is 3.88. The second kappa shape index (κ2) is 5.75. The quantitative estimate of drug-likeness (QED) is 0.565. The molecule has 2 radical (unpaired) electrons. The predicted octanol–water partition coefficient (Wildman–Crippen LogP) is 2.66. The minimum Gasteiger partial charge on any atom is -0.207 e. The van der Waals surface area contributed by atoms with Crippen molar-refractivity contribution in [1.29, 1.82) is 0 Å². The molecule has 1 rings (SSSR count). The first-order chi connectivity index (χ1) is 5.74. The molecule has 0 aliphatic rings. The third kappa shape index (κ3) is 3.03. The van der Waals surface area contributed by atoms with E-state index in [0.29, 0.717) is 0 Å². The molecule has 1 aromatic carbocycles. The summed E-state index contributed by atoms with van der Waals surface area (Å²) < 4.78 is 24.8. The van der Waals surface area contributed by atoms with E-state index >= 15 is 0 Å². The van der Waals surface area contributed by atoms with Crippen LogP contribution in [0.2, 0.25) is 0 Å². The van der Waals surface area contributed by atoms with Gasteiger partial charge >= 0.3 is 0 Å². The maximum atomic E-state index is 12.5. The van der Waals surface area contributed by atoms with Crippen molar-refractivity contribution in [2.75, 3.05) is 0 Å². The van der Waals surface area contributed by atoms with Crippen LogP contribution in [0.1, 0.15) is 19.4 Å². The Morgan fingerprint density at radius 2 is 1.83 bits per heavy atom. The van der Waals surface area contributed by atoms with Crippen molar-refractivity contribution in [3.8, 4) is 0 Å². The van der Waals surface area contributed by atoms with Crippen LogP contribution < -0.4 is 0 Å². The van der Waals surface area contributed by atoms with E-state index < -0.39 is 11.6 Å². The number of hydrogen-bond donors (Lipinski definition) is 0. The Kier molecular flexibility index (Phi) is 5.34. The third-order valence-corrected chi connectivity index (χ3v) is 1.23. The monoisotopic (exact) mass is 168 g/mol. The molecule has 0 amide bonds. The number of rotatable bonds is 1. The summed E-state index contributed by atoms with van der Waals surface area (Å²) in [5.74, 6) is -0.911. The van der Waals surface area contributed by atoms with Gasteiger partial charge in [0.15, 0.2) is 0 Å². The average molecular weight is 168 g/mol. The van der Waals surface area contributed by atoms with Crippen molar-refractivity contribution >= 4 is 7.85 Å². The molecule has 0 bridgehead atoms. The van der Waals surface area contributed by atoms with Crippen LogP contribution in [0.25, 0.3) is 0 Å². The Morgan fingerprint density at radius 3 is 2.25 bits per heavy atom. The van der Waals surface area contributed by atoms with E-state index in [1.54, 1.807) is 0 Å². The van der Waals surface area contributed by atoms with Crippen LogP contribution >= 0.6 is 0 Å². The topological polar surface area (TPSA) is 0 Å². The summed E-state index contributed by atoms with van der Waals surface area (Å²) in [5.41, 5.74) is 0.208. The molecule has 0 nitrogen and oxygen atoms in total. The molecule has 0 fully saturated rings. The van der Waals surface area contributed by atoms with Crippen LogP contribution in [0.4, 0.5) is 8.78 Å². The van der Waals surface area contributed by atoms with Crippen molar-refractivity contribution < 1.29 is 8.78 Å². The van der Waals surface area contributed by atoms with E-state index in [0.717, 1.165) is 18.2 Å². The lowest BCUT2D eigenvalue weighted by atomic mass is 9.97. The van der Waals surface area contributed by atoms with Crippen molar-refractivity contribution in [3.63, 3.8) is 0 Å². The minimum atomic E-state index is -0.457. The highest BCUT2D eigenvalue weighted by Crippen LogP contribution is 2.08. The molecular formula is C9H11BF2. The highest BCUT2D eigenvalue weighted by molar-refractivity contribution is 6.08. The summed E-state index contributed by atoms with van der Waals surface area (Å²) >= 11 is 0. The fourth-order valence-electron chi connectivity index (χ4n) is 0.700. The highest BCUT2D eigenvalue weighted by Gasteiger charge is 1.99. The lowest BCUT2D eigenvalue weighted by molar-refractivity contribution is 0.591. The molecule has 12 heavy (non-hydrogen) atoms. The zero-order chi connectivity index (χ0) is 9.56. The Labute approximate surface area is 73.0 Å². The number of hydrogen-bond acceptors (Lipinski definition) is 0. The van der Waals surface area contributed by atoms with Crippen molar-refractivity contribution in [2.45, 2.75) is 20.2 Å². The van der Waals surface area contributed by atoms with Gasteiger partial charge in [-0.15, -0.1) is 0 Å². The summed E-state index contributed by atoms with van der Waals surface area (Å²) in [6.45, 7) is 4.00. The van der Waals surface area contributed by atoms with E-state index in [4.69, 9.17) is 7.85 Å². The second-order valence-corrected chi connectivity index (χ2v) is 1.94. The number of halogens is 2. The first kappa shape index (κ1) is 11.1. The lowest BCUT2D eigenvalue weighted by Crippen LogP contribution is -1.90. The van der Waals surface area contributed by atoms with Gasteiger partial charge in [-0.05, 0) is 23.8 Å². The lowest BCUT2D eigenvalue weighted by Gasteiger charge is -1.97. The molecule has 0 atom stereocenters. The Bertz CT molecular complexity index is 236. The van der Waals surface area contributed by atoms with Crippen molar-refractivity contribution in [3.05, 3.63) is 35.4 Å². The Balaban J connectivity index is 0.000000561. The molecule has 0 aliphatic heterocycles. The van der Waals surface area contributed by atoms with E-state index in [9.17, 15) is 8.78 Å². The fraction of sp³-hybridized carbons (Fsp3) is 0.333. The molecule has 0 saturated carbocycles. The van der Waals surface area contributed by atoms with Crippen LogP contribution in [-0.2, 0) is 6.32 Å². The van der Waals surface area contributed by atoms with Gasteiger partial charge < -0.3 is 0 Å². The van der Waals surface area contributed by atoms with Gasteiger partial charge in [0.05, 0.1) is 7.85 Å². The highest BCUT2D eigenvalue weighted by atomic mass is 19.1.